The van der Waals surface area contributed by atoms with Crippen molar-refractivity contribution in [1.29, 1.82) is 0 Å². The smallest absolute Gasteiger partial charge is 0.142 e. The van der Waals surface area contributed by atoms with Crippen LogP contribution in [-0.2, 0) is 11.3 Å². The molecule has 4 nitrogen and oxygen atoms in total. The van der Waals surface area contributed by atoms with Gasteiger partial charge in [-0.1, -0.05) is 30.7 Å². The van der Waals surface area contributed by atoms with Crippen molar-refractivity contribution in [3.05, 3.63) is 28.8 Å². The monoisotopic (exact) mass is 287 g/mol. The van der Waals surface area contributed by atoms with Crippen molar-refractivity contribution in [2.75, 3.05) is 33.0 Å². The molecule has 0 radical (unpaired) electrons. The standard InChI is InChI=1S/C14H22ClNO3/c1-2-6-16-11-12-4-3-5-13(15)14(12)19-10-9-18-8-7-17/h3-5,16-17H,2,6-11H2,1H3. The molecule has 0 amide bonds. The lowest BCUT2D eigenvalue weighted by Crippen LogP contribution is -2.16. The number of hydrogen-bond donors (Lipinski definition) is 2. The highest BCUT2D eigenvalue weighted by Gasteiger charge is 2.08. The summed E-state index contributed by atoms with van der Waals surface area (Å²) in [5.41, 5.74) is 1.04. The Labute approximate surface area is 119 Å². The highest BCUT2D eigenvalue weighted by Crippen LogP contribution is 2.28. The molecule has 5 heteroatoms. The average Bonchev–Trinajstić information content (AvgIpc) is 2.41. The van der Waals surface area contributed by atoms with E-state index >= 15 is 0 Å². The summed E-state index contributed by atoms with van der Waals surface area (Å²) in [6, 6.07) is 5.73. The van der Waals surface area contributed by atoms with Crippen LogP contribution in [0.2, 0.25) is 5.02 Å². The minimum Gasteiger partial charge on any atom is -0.489 e. The number of para-hydroxylation sites is 1. The van der Waals surface area contributed by atoms with Crippen molar-refractivity contribution in [1.82, 2.24) is 5.32 Å². The predicted molar refractivity (Wildman–Crippen MR) is 76.8 cm³/mol. The highest BCUT2D eigenvalue weighted by molar-refractivity contribution is 6.32. The Morgan fingerprint density at radius 2 is 2.11 bits per heavy atom. The predicted octanol–water partition coefficient (Wildman–Crippen LogP) is 2.23. The fourth-order valence-corrected chi connectivity index (χ4v) is 1.87. The lowest BCUT2D eigenvalue weighted by atomic mass is 10.2. The quantitative estimate of drug-likeness (QED) is 0.648. The summed E-state index contributed by atoms with van der Waals surface area (Å²) in [5, 5.41) is 12.5. The second kappa shape index (κ2) is 10.0. The lowest BCUT2D eigenvalue weighted by Gasteiger charge is -2.13. The third-order valence-corrected chi connectivity index (χ3v) is 2.80. The summed E-state index contributed by atoms with van der Waals surface area (Å²) < 4.78 is 10.8. The second-order valence-electron chi connectivity index (χ2n) is 4.09. The molecule has 0 saturated heterocycles. The van der Waals surface area contributed by atoms with Crippen LogP contribution in [0.15, 0.2) is 18.2 Å². The molecule has 108 valence electrons. The molecule has 0 aromatic heterocycles. The molecule has 1 aromatic carbocycles. The Balaban J connectivity index is 2.49. The van der Waals surface area contributed by atoms with E-state index in [1.807, 2.05) is 18.2 Å². The molecule has 1 rings (SSSR count). The third kappa shape index (κ3) is 6.25. The molecule has 19 heavy (non-hydrogen) atoms. The van der Waals surface area contributed by atoms with Gasteiger partial charge in [-0.25, -0.2) is 0 Å². The molecule has 0 bridgehead atoms. The zero-order valence-electron chi connectivity index (χ0n) is 11.3. The van der Waals surface area contributed by atoms with Gasteiger partial charge in [0.2, 0.25) is 0 Å². The molecule has 0 heterocycles. The minimum atomic E-state index is 0.0261. The molecule has 0 spiro atoms. The molecule has 1 aromatic rings. The fourth-order valence-electron chi connectivity index (χ4n) is 1.62. The fraction of sp³-hybridized carbons (Fsp3) is 0.571. The molecular formula is C14H22ClNO3. The van der Waals surface area contributed by atoms with E-state index in [2.05, 4.69) is 12.2 Å². The third-order valence-electron chi connectivity index (χ3n) is 2.50. The van der Waals surface area contributed by atoms with Gasteiger partial charge in [-0.2, -0.15) is 0 Å². The summed E-state index contributed by atoms with van der Waals surface area (Å²) in [5.74, 6) is 0.709. The van der Waals surface area contributed by atoms with Crippen molar-refractivity contribution < 1.29 is 14.6 Å². The van der Waals surface area contributed by atoms with Crippen molar-refractivity contribution in [3.8, 4) is 5.75 Å². The Bertz CT molecular complexity index is 361. The largest absolute Gasteiger partial charge is 0.489 e. The number of aliphatic hydroxyl groups is 1. The maximum atomic E-state index is 8.60. The Hall–Kier alpha value is -0.810. The van der Waals surface area contributed by atoms with E-state index < -0.39 is 0 Å². The van der Waals surface area contributed by atoms with Gasteiger partial charge in [0.15, 0.2) is 0 Å². The van der Waals surface area contributed by atoms with Gasteiger partial charge in [0.05, 0.1) is 24.8 Å². The minimum absolute atomic E-state index is 0.0261. The normalized spacial score (nSPS) is 10.7. The number of aliphatic hydroxyl groups excluding tert-OH is 1. The topological polar surface area (TPSA) is 50.7 Å². The van der Waals surface area contributed by atoms with E-state index in [1.165, 1.54) is 0 Å². The average molecular weight is 288 g/mol. The van der Waals surface area contributed by atoms with Crippen LogP contribution in [0.3, 0.4) is 0 Å². The van der Waals surface area contributed by atoms with Gasteiger partial charge in [0.1, 0.15) is 12.4 Å². The number of nitrogens with one attached hydrogen (secondary N) is 1. The van der Waals surface area contributed by atoms with Gasteiger partial charge in [-0.15, -0.1) is 0 Å². The molecule has 0 aliphatic rings. The summed E-state index contributed by atoms with van der Waals surface area (Å²) in [7, 11) is 0. The van der Waals surface area contributed by atoms with Crippen molar-refractivity contribution >= 4 is 11.6 Å². The first kappa shape index (κ1) is 16.2. The van der Waals surface area contributed by atoms with E-state index in [4.69, 9.17) is 26.2 Å². The molecule has 0 aliphatic heterocycles. The van der Waals surface area contributed by atoms with E-state index in [-0.39, 0.29) is 6.61 Å². The van der Waals surface area contributed by atoms with Crippen molar-refractivity contribution in [3.63, 3.8) is 0 Å². The number of halogens is 1. The van der Waals surface area contributed by atoms with Crippen LogP contribution in [0.4, 0.5) is 0 Å². The van der Waals surface area contributed by atoms with Gasteiger partial charge < -0.3 is 19.9 Å². The zero-order valence-corrected chi connectivity index (χ0v) is 12.1. The van der Waals surface area contributed by atoms with Gasteiger partial charge >= 0.3 is 0 Å². The Kier molecular flexibility index (Phi) is 8.58. The number of ether oxygens (including phenoxy) is 2. The number of benzene rings is 1. The van der Waals surface area contributed by atoms with E-state index in [0.717, 1.165) is 25.1 Å². The summed E-state index contributed by atoms with van der Waals surface area (Å²) in [4.78, 5) is 0. The molecule has 0 fully saturated rings. The van der Waals surface area contributed by atoms with Gasteiger partial charge in [0.25, 0.3) is 0 Å². The number of hydrogen-bond acceptors (Lipinski definition) is 4. The molecular weight excluding hydrogens is 266 g/mol. The van der Waals surface area contributed by atoms with Crippen LogP contribution >= 0.6 is 11.6 Å². The molecule has 0 atom stereocenters. The molecule has 0 unspecified atom stereocenters. The molecule has 0 saturated carbocycles. The summed E-state index contributed by atoms with van der Waals surface area (Å²) >= 11 is 6.15. The molecule has 2 N–H and O–H groups in total. The van der Waals surface area contributed by atoms with Crippen LogP contribution in [0.25, 0.3) is 0 Å². The lowest BCUT2D eigenvalue weighted by molar-refractivity contribution is 0.0703. The van der Waals surface area contributed by atoms with Crippen molar-refractivity contribution in [2.24, 2.45) is 0 Å². The zero-order chi connectivity index (χ0) is 13.9. The SMILES string of the molecule is CCCNCc1cccc(Cl)c1OCCOCCO. The van der Waals surface area contributed by atoms with Gasteiger partial charge in [-0.05, 0) is 19.0 Å². The van der Waals surface area contributed by atoms with Crippen molar-refractivity contribution in [2.45, 2.75) is 19.9 Å². The van der Waals surface area contributed by atoms with Crippen LogP contribution in [0.5, 0.6) is 5.75 Å². The maximum Gasteiger partial charge on any atom is 0.142 e. The van der Waals surface area contributed by atoms with Crippen LogP contribution in [-0.4, -0.2) is 38.1 Å². The first-order valence-corrected chi connectivity index (χ1v) is 6.97. The Morgan fingerprint density at radius 3 is 2.84 bits per heavy atom. The molecule has 0 aliphatic carbocycles. The summed E-state index contributed by atoms with van der Waals surface area (Å²) in [6.07, 6.45) is 1.09. The van der Waals surface area contributed by atoms with Crippen LogP contribution < -0.4 is 10.1 Å². The van der Waals surface area contributed by atoms with Crippen LogP contribution in [0, 0.1) is 0 Å². The van der Waals surface area contributed by atoms with Gasteiger partial charge in [-0.3, -0.25) is 0 Å². The van der Waals surface area contributed by atoms with E-state index in [9.17, 15) is 0 Å². The van der Waals surface area contributed by atoms with Gasteiger partial charge in [0, 0.05) is 12.1 Å². The second-order valence-corrected chi connectivity index (χ2v) is 4.50. The number of rotatable bonds is 10. The first-order chi connectivity index (χ1) is 9.29. The summed E-state index contributed by atoms with van der Waals surface area (Å²) in [6.45, 7) is 5.04. The first-order valence-electron chi connectivity index (χ1n) is 6.59. The van der Waals surface area contributed by atoms with E-state index in [0.29, 0.717) is 30.6 Å². The maximum absolute atomic E-state index is 8.60. The van der Waals surface area contributed by atoms with E-state index in [1.54, 1.807) is 0 Å². The van der Waals surface area contributed by atoms with Crippen LogP contribution in [0.1, 0.15) is 18.9 Å². The Morgan fingerprint density at radius 1 is 1.26 bits per heavy atom. The highest BCUT2D eigenvalue weighted by atomic mass is 35.5.